The zero-order valence-electron chi connectivity index (χ0n) is 14.5. The molecule has 1 unspecified atom stereocenters. The average molecular weight is 345 g/mol. The largest absolute Gasteiger partial charge is 0.365 e. The van der Waals surface area contributed by atoms with Crippen LogP contribution in [-0.4, -0.2) is 33.9 Å². The molecule has 4 heterocycles. The van der Waals surface area contributed by atoms with Crippen LogP contribution < -0.4 is 10.6 Å². The fourth-order valence-electron chi connectivity index (χ4n) is 3.72. The number of carbonyl (C=O) groups is 1. The van der Waals surface area contributed by atoms with Gasteiger partial charge in [-0.25, -0.2) is 4.98 Å². The van der Waals surface area contributed by atoms with Gasteiger partial charge >= 0.3 is 0 Å². The van der Waals surface area contributed by atoms with Gasteiger partial charge in [-0.15, -0.1) is 0 Å². The standard InChI is InChI=1S/C20H19N5O/c1-11-5-6-12-9-23-20(26)14-7-16(24-18(12)14)13-3-2-4-15-19(13)25-17(10-21-15)22-8-11/h2-5,7,10,12,24H,6,8-9H2,1H3,(H,22,25)(H,23,26). The summed E-state index contributed by atoms with van der Waals surface area (Å²) in [4.78, 5) is 25.2. The molecule has 0 fully saturated rings. The molecular formula is C20H19N5O. The van der Waals surface area contributed by atoms with E-state index >= 15 is 0 Å². The van der Waals surface area contributed by atoms with Gasteiger partial charge in [0.1, 0.15) is 11.3 Å². The van der Waals surface area contributed by atoms with E-state index in [1.807, 2.05) is 24.3 Å². The van der Waals surface area contributed by atoms with Crippen molar-refractivity contribution in [1.29, 1.82) is 0 Å². The second-order valence-electron chi connectivity index (χ2n) is 6.99. The number of aromatic amines is 1. The van der Waals surface area contributed by atoms with Crippen molar-refractivity contribution in [2.24, 2.45) is 0 Å². The van der Waals surface area contributed by atoms with Crippen molar-refractivity contribution in [1.82, 2.24) is 20.3 Å². The van der Waals surface area contributed by atoms with Crippen LogP contribution in [0.4, 0.5) is 5.82 Å². The second-order valence-corrected chi connectivity index (χ2v) is 6.99. The number of para-hydroxylation sites is 1. The zero-order valence-corrected chi connectivity index (χ0v) is 14.5. The van der Waals surface area contributed by atoms with E-state index < -0.39 is 0 Å². The second kappa shape index (κ2) is 5.69. The van der Waals surface area contributed by atoms with E-state index in [-0.39, 0.29) is 11.8 Å². The van der Waals surface area contributed by atoms with E-state index in [0.29, 0.717) is 6.54 Å². The number of carbonyl (C=O) groups excluding carboxylic acids is 1. The molecule has 0 aliphatic carbocycles. The first kappa shape index (κ1) is 15.1. The maximum atomic E-state index is 12.4. The highest BCUT2D eigenvalue weighted by Gasteiger charge is 2.28. The summed E-state index contributed by atoms with van der Waals surface area (Å²) in [6, 6.07) is 7.89. The van der Waals surface area contributed by atoms with Gasteiger partial charge in [0.05, 0.1) is 17.3 Å². The summed E-state index contributed by atoms with van der Waals surface area (Å²) in [6.07, 6.45) is 4.88. The first-order valence-corrected chi connectivity index (χ1v) is 8.86. The van der Waals surface area contributed by atoms with Gasteiger partial charge < -0.3 is 15.6 Å². The highest BCUT2D eigenvalue weighted by molar-refractivity contribution is 6.00. The molecule has 0 radical (unpaired) electrons. The monoisotopic (exact) mass is 345 g/mol. The minimum atomic E-state index is -0.0137. The Morgan fingerprint density at radius 1 is 1.19 bits per heavy atom. The minimum Gasteiger partial charge on any atom is -0.365 e. The third-order valence-corrected chi connectivity index (χ3v) is 5.17. The number of aromatic nitrogens is 3. The summed E-state index contributed by atoms with van der Waals surface area (Å²) in [7, 11) is 0. The minimum absolute atomic E-state index is 0.0137. The van der Waals surface area contributed by atoms with Crippen molar-refractivity contribution in [2.75, 3.05) is 18.4 Å². The molecule has 1 atom stereocenters. The lowest BCUT2D eigenvalue weighted by molar-refractivity contribution is 0.0940. The number of fused-ring (bicyclic) bond motifs is 3. The number of amides is 1. The quantitative estimate of drug-likeness (QED) is 0.546. The van der Waals surface area contributed by atoms with Crippen LogP contribution in [0.3, 0.4) is 0 Å². The van der Waals surface area contributed by atoms with E-state index in [2.05, 4.69) is 33.6 Å². The molecule has 5 rings (SSSR count). The number of nitrogens with one attached hydrogen (secondary N) is 3. The van der Waals surface area contributed by atoms with Crippen molar-refractivity contribution >= 4 is 22.8 Å². The zero-order chi connectivity index (χ0) is 17.7. The van der Waals surface area contributed by atoms with Gasteiger partial charge in [-0.2, -0.15) is 0 Å². The molecule has 3 aromatic rings. The predicted molar refractivity (Wildman–Crippen MR) is 101 cm³/mol. The summed E-state index contributed by atoms with van der Waals surface area (Å²) in [5.41, 5.74) is 6.53. The Labute approximate surface area is 150 Å². The van der Waals surface area contributed by atoms with E-state index in [0.717, 1.165) is 52.3 Å². The van der Waals surface area contributed by atoms with Gasteiger partial charge in [0, 0.05) is 36.0 Å². The number of anilines is 1. The number of H-pyrrole nitrogens is 1. The lowest BCUT2D eigenvalue weighted by atomic mass is 9.93. The Hall–Kier alpha value is -3.15. The third kappa shape index (κ3) is 2.37. The maximum absolute atomic E-state index is 12.4. The van der Waals surface area contributed by atoms with Gasteiger partial charge in [0.25, 0.3) is 5.91 Å². The Morgan fingerprint density at radius 3 is 3.04 bits per heavy atom. The van der Waals surface area contributed by atoms with Crippen LogP contribution in [0.2, 0.25) is 0 Å². The number of allylic oxidation sites excluding steroid dienone is 1. The number of nitrogens with zero attached hydrogens (tertiary/aromatic N) is 2. The van der Waals surface area contributed by atoms with E-state index in [1.165, 1.54) is 5.57 Å². The normalized spacial score (nSPS) is 19.0. The van der Waals surface area contributed by atoms with Crippen LogP contribution in [-0.2, 0) is 0 Å². The molecule has 130 valence electrons. The fourth-order valence-corrected chi connectivity index (χ4v) is 3.72. The molecule has 2 aromatic heterocycles. The predicted octanol–water partition coefficient (Wildman–Crippen LogP) is 3.21. The smallest absolute Gasteiger partial charge is 0.253 e. The van der Waals surface area contributed by atoms with Crippen molar-refractivity contribution < 1.29 is 4.79 Å². The molecular weight excluding hydrogens is 326 g/mol. The lowest BCUT2D eigenvalue weighted by Gasteiger charge is -2.22. The summed E-state index contributed by atoms with van der Waals surface area (Å²) in [6.45, 7) is 3.49. The number of rotatable bonds is 0. The molecule has 2 aliphatic heterocycles. The molecule has 1 aromatic carbocycles. The molecule has 1 amide bonds. The van der Waals surface area contributed by atoms with Crippen LogP contribution >= 0.6 is 0 Å². The first-order chi connectivity index (χ1) is 12.7. The lowest BCUT2D eigenvalue weighted by Crippen LogP contribution is -2.34. The fraction of sp³-hybridized carbons (Fsp3) is 0.250. The van der Waals surface area contributed by atoms with Gasteiger partial charge in [0.2, 0.25) is 0 Å². The van der Waals surface area contributed by atoms with Crippen LogP contribution in [0.5, 0.6) is 0 Å². The summed E-state index contributed by atoms with van der Waals surface area (Å²) in [5.74, 6) is 0.992. The number of hydrogen-bond acceptors (Lipinski definition) is 4. The van der Waals surface area contributed by atoms with Crippen LogP contribution in [0.15, 0.2) is 42.1 Å². The maximum Gasteiger partial charge on any atom is 0.253 e. The number of benzene rings is 1. The topological polar surface area (TPSA) is 82.7 Å². The highest BCUT2D eigenvalue weighted by atomic mass is 16.1. The molecule has 3 N–H and O–H groups in total. The molecule has 0 saturated heterocycles. The van der Waals surface area contributed by atoms with Crippen LogP contribution in [0, 0.1) is 0 Å². The summed E-state index contributed by atoms with van der Waals surface area (Å²) < 4.78 is 0. The average Bonchev–Trinajstić information content (AvgIpc) is 3.11. The summed E-state index contributed by atoms with van der Waals surface area (Å²) in [5, 5.41) is 6.37. The Kier molecular flexibility index (Phi) is 3.31. The molecule has 26 heavy (non-hydrogen) atoms. The van der Waals surface area contributed by atoms with Crippen molar-refractivity contribution in [3.8, 4) is 11.3 Å². The summed E-state index contributed by atoms with van der Waals surface area (Å²) >= 11 is 0. The molecule has 6 heteroatoms. The van der Waals surface area contributed by atoms with Crippen LogP contribution in [0.25, 0.3) is 22.3 Å². The molecule has 6 nitrogen and oxygen atoms in total. The third-order valence-electron chi connectivity index (χ3n) is 5.17. The first-order valence-electron chi connectivity index (χ1n) is 8.86. The van der Waals surface area contributed by atoms with Gasteiger partial charge in [-0.05, 0) is 25.5 Å². The van der Waals surface area contributed by atoms with Crippen LogP contribution in [0.1, 0.15) is 35.3 Å². The molecule has 4 bridgehead atoms. The van der Waals surface area contributed by atoms with Gasteiger partial charge in [0.15, 0.2) is 0 Å². The van der Waals surface area contributed by atoms with E-state index in [4.69, 9.17) is 4.98 Å². The van der Waals surface area contributed by atoms with Gasteiger partial charge in [-0.3, -0.25) is 9.78 Å². The Morgan fingerprint density at radius 2 is 2.12 bits per heavy atom. The van der Waals surface area contributed by atoms with E-state index in [1.54, 1.807) is 6.20 Å². The SMILES string of the molecule is CC1=CCC2CNC(=O)c3cc([nH]c32)-c2cccc3ncc(nc23)NC1. The van der Waals surface area contributed by atoms with Crippen molar-refractivity contribution in [3.63, 3.8) is 0 Å². The molecule has 2 aliphatic rings. The van der Waals surface area contributed by atoms with Gasteiger partial charge in [-0.1, -0.05) is 23.8 Å². The van der Waals surface area contributed by atoms with E-state index in [9.17, 15) is 4.79 Å². The molecule has 0 saturated carbocycles. The highest BCUT2D eigenvalue weighted by Crippen LogP contribution is 2.34. The Balaban J connectivity index is 1.78. The number of hydrogen-bond donors (Lipinski definition) is 3. The van der Waals surface area contributed by atoms with Crippen molar-refractivity contribution in [3.05, 3.63) is 53.4 Å². The van der Waals surface area contributed by atoms with Crippen molar-refractivity contribution in [2.45, 2.75) is 19.3 Å². The Bertz CT molecular complexity index is 1070. The molecule has 0 spiro atoms.